The molecule has 1 atom stereocenters. The number of hydrogen-bond acceptors (Lipinski definition) is 4. The van der Waals surface area contributed by atoms with Crippen LogP contribution in [0.15, 0.2) is 47.0 Å². The number of pyridine rings is 1. The summed E-state index contributed by atoms with van der Waals surface area (Å²) >= 11 is 5.81. The minimum atomic E-state index is -0.428. The van der Waals surface area contributed by atoms with Gasteiger partial charge in [0.25, 0.3) is 0 Å². The molecule has 0 aliphatic heterocycles. The van der Waals surface area contributed by atoms with E-state index in [2.05, 4.69) is 10.4 Å². The third-order valence-corrected chi connectivity index (χ3v) is 3.22. The van der Waals surface area contributed by atoms with Crippen molar-refractivity contribution < 1.29 is 8.81 Å². The van der Waals surface area contributed by atoms with Gasteiger partial charge in [-0.05, 0) is 36.4 Å². The highest BCUT2D eigenvalue weighted by Crippen LogP contribution is 2.27. The van der Waals surface area contributed by atoms with Crippen LogP contribution in [0.5, 0.6) is 0 Å². The Morgan fingerprint density at radius 2 is 2.10 bits per heavy atom. The van der Waals surface area contributed by atoms with Crippen molar-refractivity contribution >= 4 is 22.6 Å². The van der Waals surface area contributed by atoms with Gasteiger partial charge in [0.1, 0.15) is 23.2 Å². The van der Waals surface area contributed by atoms with E-state index in [4.69, 9.17) is 21.9 Å². The second-order valence-corrected chi connectivity index (χ2v) is 4.77. The number of furan rings is 1. The molecule has 0 spiro atoms. The molecule has 20 heavy (non-hydrogen) atoms. The van der Waals surface area contributed by atoms with Gasteiger partial charge in [-0.2, -0.15) is 0 Å². The predicted octanol–water partition coefficient (Wildman–Crippen LogP) is 3.17. The van der Waals surface area contributed by atoms with E-state index in [1.807, 2.05) is 0 Å². The van der Waals surface area contributed by atoms with Crippen molar-refractivity contribution in [3.05, 3.63) is 64.9 Å². The number of hydrogen-bond donors (Lipinski definition) is 2. The van der Waals surface area contributed by atoms with E-state index < -0.39 is 6.04 Å². The number of nitrogens with one attached hydrogen (secondary N) is 1. The fraction of sp³-hybridized carbons (Fsp3) is 0.0714. The Balaban J connectivity index is 2.04. The number of nitrogens with zero attached hydrogens (tertiary/aromatic N) is 1. The van der Waals surface area contributed by atoms with Crippen LogP contribution in [0, 0.1) is 5.82 Å². The first-order valence-corrected chi connectivity index (χ1v) is 6.32. The monoisotopic (exact) mass is 291 g/mol. The molecule has 0 fully saturated rings. The molecule has 4 nitrogen and oxygen atoms in total. The fourth-order valence-electron chi connectivity index (χ4n) is 2.05. The van der Waals surface area contributed by atoms with Gasteiger partial charge in [0.05, 0.1) is 10.7 Å². The molecule has 0 bridgehead atoms. The first-order valence-electron chi connectivity index (χ1n) is 5.94. The number of halogens is 2. The molecular weight excluding hydrogens is 281 g/mol. The van der Waals surface area contributed by atoms with Crippen LogP contribution in [-0.4, -0.2) is 4.98 Å². The third kappa shape index (κ3) is 2.38. The third-order valence-electron chi connectivity index (χ3n) is 2.99. The number of hydrazine groups is 1. The Hall–Kier alpha value is -1.95. The van der Waals surface area contributed by atoms with E-state index >= 15 is 0 Å². The van der Waals surface area contributed by atoms with Crippen LogP contribution in [0.3, 0.4) is 0 Å². The zero-order valence-electron chi connectivity index (χ0n) is 10.3. The number of rotatable bonds is 3. The van der Waals surface area contributed by atoms with Crippen LogP contribution in [0.25, 0.3) is 11.0 Å². The number of benzene rings is 1. The Morgan fingerprint density at radius 3 is 2.80 bits per heavy atom. The minimum Gasteiger partial charge on any atom is -0.459 e. The molecule has 1 unspecified atom stereocenters. The summed E-state index contributed by atoms with van der Waals surface area (Å²) < 4.78 is 18.9. The molecular formula is C14H11ClFN3O. The van der Waals surface area contributed by atoms with Crippen molar-refractivity contribution in [1.82, 2.24) is 10.4 Å². The van der Waals surface area contributed by atoms with E-state index in [-0.39, 0.29) is 5.82 Å². The molecule has 0 amide bonds. The fourth-order valence-corrected chi connectivity index (χ4v) is 2.16. The average Bonchev–Trinajstić information content (AvgIpc) is 2.84. The Kier molecular flexibility index (Phi) is 3.40. The molecule has 1 aromatic carbocycles. The van der Waals surface area contributed by atoms with Crippen molar-refractivity contribution in [3.8, 4) is 0 Å². The summed E-state index contributed by atoms with van der Waals surface area (Å²) in [6.07, 6.45) is 1.53. The lowest BCUT2D eigenvalue weighted by Crippen LogP contribution is -2.29. The molecule has 0 saturated carbocycles. The first-order chi connectivity index (χ1) is 9.67. The first kappa shape index (κ1) is 13.1. The van der Waals surface area contributed by atoms with Crippen LogP contribution in [-0.2, 0) is 0 Å². The summed E-state index contributed by atoms with van der Waals surface area (Å²) in [5.41, 5.74) is 3.89. The van der Waals surface area contributed by atoms with Crippen LogP contribution < -0.4 is 11.3 Å². The van der Waals surface area contributed by atoms with Gasteiger partial charge in [0, 0.05) is 11.6 Å². The van der Waals surface area contributed by atoms with E-state index in [1.54, 1.807) is 24.3 Å². The molecule has 6 heteroatoms. The lowest BCUT2D eigenvalue weighted by molar-refractivity contribution is 0.471. The van der Waals surface area contributed by atoms with E-state index in [1.165, 1.54) is 18.3 Å². The zero-order chi connectivity index (χ0) is 14.1. The molecule has 0 aliphatic rings. The summed E-state index contributed by atoms with van der Waals surface area (Å²) in [6, 6.07) is 9.11. The molecule has 3 aromatic rings. The number of aromatic nitrogens is 1. The Bertz CT molecular complexity index is 742. The lowest BCUT2D eigenvalue weighted by atomic mass is 10.1. The molecule has 0 aliphatic carbocycles. The minimum absolute atomic E-state index is 0.313. The summed E-state index contributed by atoms with van der Waals surface area (Å²) in [7, 11) is 0. The van der Waals surface area contributed by atoms with Crippen LogP contribution in [0.4, 0.5) is 4.39 Å². The molecule has 0 radical (unpaired) electrons. The van der Waals surface area contributed by atoms with Gasteiger partial charge >= 0.3 is 0 Å². The summed E-state index contributed by atoms with van der Waals surface area (Å²) in [5.74, 6) is 5.81. The smallest absolute Gasteiger partial charge is 0.134 e. The van der Waals surface area contributed by atoms with Gasteiger partial charge in [-0.1, -0.05) is 11.6 Å². The second-order valence-electron chi connectivity index (χ2n) is 4.33. The highest BCUT2D eigenvalue weighted by atomic mass is 35.5. The maximum Gasteiger partial charge on any atom is 0.134 e. The molecule has 2 heterocycles. The van der Waals surface area contributed by atoms with Crippen LogP contribution >= 0.6 is 11.6 Å². The van der Waals surface area contributed by atoms with Crippen molar-refractivity contribution in [2.24, 2.45) is 5.84 Å². The summed E-state index contributed by atoms with van der Waals surface area (Å²) in [5, 5.41) is 1.21. The maximum atomic E-state index is 13.2. The van der Waals surface area contributed by atoms with Gasteiger partial charge in [-0.3, -0.25) is 10.8 Å². The van der Waals surface area contributed by atoms with E-state index in [0.29, 0.717) is 27.4 Å². The van der Waals surface area contributed by atoms with Crippen molar-refractivity contribution in [2.45, 2.75) is 6.04 Å². The summed E-state index contributed by atoms with van der Waals surface area (Å²) in [4.78, 5) is 4.21. The average molecular weight is 292 g/mol. The molecule has 3 rings (SSSR count). The van der Waals surface area contributed by atoms with Crippen molar-refractivity contribution in [3.63, 3.8) is 0 Å². The van der Waals surface area contributed by atoms with Crippen molar-refractivity contribution in [2.75, 3.05) is 0 Å². The highest BCUT2D eigenvalue weighted by molar-refractivity contribution is 6.30. The lowest BCUT2D eigenvalue weighted by Gasteiger charge is -2.12. The predicted molar refractivity (Wildman–Crippen MR) is 74.6 cm³/mol. The molecule has 3 N–H and O–H groups in total. The van der Waals surface area contributed by atoms with Crippen LogP contribution in [0.1, 0.15) is 17.5 Å². The standard InChI is InChI=1S/C14H11ClFN3O/c15-9-1-3-11(18-7-9)14(19-17)13-6-8-5-10(16)2-4-12(8)20-13/h1-7,14,19H,17H2. The summed E-state index contributed by atoms with van der Waals surface area (Å²) in [6.45, 7) is 0. The van der Waals surface area contributed by atoms with Gasteiger partial charge in [0.15, 0.2) is 0 Å². The number of nitrogens with two attached hydrogens (primary N) is 1. The van der Waals surface area contributed by atoms with E-state index in [0.717, 1.165) is 0 Å². The molecule has 102 valence electrons. The van der Waals surface area contributed by atoms with E-state index in [9.17, 15) is 4.39 Å². The Labute approximate surface area is 119 Å². The van der Waals surface area contributed by atoms with Gasteiger partial charge in [-0.25, -0.2) is 9.82 Å². The van der Waals surface area contributed by atoms with Crippen molar-refractivity contribution in [1.29, 1.82) is 0 Å². The van der Waals surface area contributed by atoms with Crippen LogP contribution in [0.2, 0.25) is 5.02 Å². The van der Waals surface area contributed by atoms with Gasteiger partial charge in [-0.15, -0.1) is 0 Å². The largest absolute Gasteiger partial charge is 0.459 e. The van der Waals surface area contributed by atoms with Gasteiger partial charge in [0.2, 0.25) is 0 Å². The molecule has 2 aromatic heterocycles. The Morgan fingerprint density at radius 1 is 1.25 bits per heavy atom. The zero-order valence-corrected chi connectivity index (χ0v) is 11.1. The normalized spacial score (nSPS) is 12.8. The maximum absolute atomic E-state index is 13.2. The van der Waals surface area contributed by atoms with Gasteiger partial charge < -0.3 is 4.42 Å². The second kappa shape index (κ2) is 5.20. The quantitative estimate of drug-likeness (QED) is 0.575. The molecule has 0 saturated heterocycles. The highest BCUT2D eigenvalue weighted by Gasteiger charge is 2.18. The SMILES string of the molecule is NNC(c1ccc(Cl)cn1)c1cc2cc(F)ccc2o1. The topological polar surface area (TPSA) is 64.1 Å². The number of fused-ring (bicyclic) bond motifs is 1.